The third kappa shape index (κ3) is 12.9. The number of thiazole rings is 1. The number of nitrogens with two attached hydrogens (primary N) is 1. The van der Waals surface area contributed by atoms with Crippen LogP contribution in [0.4, 0.5) is 0 Å². The van der Waals surface area contributed by atoms with Gasteiger partial charge < -0.3 is 31.1 Å². The summed E-state index contributed by atoms with van der Waals surface area (Å²) >= 11 is 1.18. The van der Waals surface area contributed by atoms with E-state index in [0.717, 1.165) is 24.9 Å². The van der Waals surface area contributed by atoms with Gasteiger partial charge in [-0.1, -0.05) is 77.8 Å². The molecule has 0 radical (unpaired) electrons. The second-order valence-corrected chi connectivity index (χ2v) is 15.6. The number of piperidine rings is 1. The van der Waals surface area contributed by atoms with Crippen molar-refractivity contribution < 1.29 is 33.8 Å². The Morgan fingerprint density at radius 3 is 2.38 bits per heavy atom. The summed E-state index contributed by atoms with van der Waals surface area (Å²) in [6.07, 6.45) is 3.37. The van der Waals surface area contributed by atoms with E-state index in [1.807, 2.05) is 58.0 Å². The van der Waals surface area contributed by atoms with E-state index in [4.69, 9.17) is 10.5 Å². The quantitative estimate of drug-likeness (QED) is 0.141. The number of carbonyl (C=O) groups is 5. The number of carbonyl (C=O) groups excluding carboxylic acids is 4. The summed E-state index contributed by atoms with van der Waals surface area (Å²) in [5, 5.41) is 17.6. The largest absolute Gasteiger partial charge is 0.481 e. The Hall–Kier alpha value is -3.88. The number of rotatable bonds is 20. The molecule has 0 saturated carbocycles. The van der Waals surface area contributed by atoms with Crippen LogP contribution >= 0.6 is 11.3 Å². The number of likely N-dealkylation sites (tertiary alicyclic amines) is 1. The first-order valence-corrected chi connectivity index (χ1v) is 19.8. The average Bonchev–Trinajstić information content (AvgIpc) is 3.62. The number of benzene rings is 1. The molecule has 2 heterocycles. The lowest BCUT2D eigenvalue weighted by Crippen LogP contribution is -2.58. The number of aliphatic carboxylic acids is 1. The molecule has 3 amide bonds. The maximum absolute atomic E-state index is 14.3. The number of ether oxygens (including phenoxy) is 1. The minimum Gasteiger partial charge on any atom is -0.481 e. The van der Waals surface area contributed by atoms with Crippen molar-refractivity contribution in [3.05, 3.63) is 52.0 Å². The maximum atomic E-state index is 14.3. The number of hydrogen-bond acceptors (Lipinski definition) is 10. The first kappa shape index (κ1) is 43.5. The number of hydrogen-bond donors (Lipinski definition) is 4. The Morgan fingerprint density at radius 2 is 1.77 bits per heavy atom. The molecular weight excluding hydrogens is 697 g/mol. The first-order valence-electron chi connectivity index (χ1n) is 18.9. The number of nitrogens with one attached hydrogen (secondary N) is 2. The lowest BCUT2D eigenvalue weighted by Gasteiger charge is -2.38. The van der Waals surface area contributed by atoms with E-state index in [1.165, 1.54) is 18.3 Å². The SMILES string of the molecule is CC[C@H](C)[C@H](NC(=O)[C@H]1CCCCN1CCN)C(=O)N(C)[C@H](C[C@@H](OC(C)=O)c1nc(C(=O)N[C@@H](Cc2ccccc2)C[C@H](C)C(=O)O)cs1)C(C)C. The zero-order valence-corrected chi connectivity index (χ0v) is 33.2. The fourth-order valence-corrected chi connectivity index (χ4v) is 7.79. The smallest absolute Gasteiger partial charge is 0.306 e. The molecule has 1 saturated heterocycles. The van der Waals surface area contributed by atoms with Crippen LogP contribution in [0.15, 0.2) is 35.7 Å². The van der Waals surface area contributed by atoms with Crippen LogP contribution in [0.5, 0.6) is 0 Å². The molecule has 5 N–H and O–H groups in total. The van der Waals surface area contributed by atoms with Crippen LogP contribution < -0.4 is 16.4 Å². The molecule has 294 valence electrons. The van der Waals surface area contributed by atoms with Crippen LogP contribution in [-0.4, -0.2) is 100 Å². The molecule has 3 rings (SSSR count). The highest BCUT2D eigenvalue weighted by Gasteiger charge is 2.38. The van der Waals surface area contributed by atoms with E-state index in [1.54, 1.807) is 24.3 Å². The number of amides is 3. The van der Waals surface area contributed by atoms with Crippen molar-refractivity contribution in [2.45, 2.75) is 117 Å². The third-order valence-corrected chi connectivity index (χ3v) is 11.2. The highest BCUT2D eigenvalue weighted by Crippen LogP contribution is 2.31. The van der Waals surface area contributed by atoms with Crippen LogP contribution in [0.1, 0.15) is 107 Å². The number of likely N-dealkylation sites (N-methyl/N-ethyl adjacent to an activating group) is 1. The number of esters is 1. The Kier molecular flexibility index (Phi) is 17.3. The molecule has 0 aliphatic carbocycles. The van der Waals surface area contributed by atoms with E-state index in [9.17, 15) is 29.1 Å². The van der Waals surface area contributed by atoms with Crippen LogP contribution in [0.3, 0.4) is 0 Å². The summed E-state index contributed by atoms with van der Waals surface area (Å²) in [6, 6.07) is 7.56. The highest BCUT2D eigenvalue weighted by molar-refractivity contribution is 7.09. The van der Waals surface area contributed by atoms with E-state index in [-0.39, 0.29) is 48.2 Å². The van der Waals surface area contributed by atoms with E-state index >= 15 is 0 Å². The number of nitrogens with zero attached hydrogens (tertiary/aromatic N) is 3. The van der Waals surface area contributed by atoms with Gasteiger partial charge in [0.1, 0.15) is 16.7 Å². The van der Waals surface area contributed by atoms with Gasteiger partial charge in [-0.3, -0.25) is 28.9 Å². The van der Waals surface area contributed by atoms with Gasteiger partial charge in [0.15, 0.2) is 6.10 Å². The first-order chi connectivity index (χ1) is 25.2. The van der Waals surface area contributed by atoms with Crippen LogP contribution in [0, 0.1) is 17.8 Å². The fraction of sp³-hybridized carbons (Fsp3) is 0.641. The van der Waals surface area contributed by atoms with E-state index < -0.39 is 48.0 Å². The third-order valence-electron chi connectivity index (χ3n) is 10.2. The number of carboxylic acids is 1. The van der Waals surface area contributed by atoms with Crippen LogP contribution in [0.25, 0.3) is 0 Å². The molecule has 7 atom stereocenters. The van der Waals surface area contributed by atoms with Crippen molar-refractivity contribution >= 4 is 41.0 Å². The van der Waals surface area contributed by atoms with Crippen LogP contribution in [-0.2, 0) is 30.3 Å². The normalized spacial score (nSPS) is 18.2. The van der Waals surface area contributed by atoms with Crippen molar-refractivity contribution in [1.82, 2.24) is 25.4 Å². The Morgan fingerprint density at radius 1 is 1.08 bits per heavy atom. The maximum Gasteiger partial charge on any atom is 0.306 e. The molecule has 1 aromatic heterocycles. The molecular formula is C39H60N6O7S. The zero-order chi connectivity index (χ0) is 39.2. The monoisotopic (exact) mass is 756 g/mol. The van der Waals surface area contributed by atoms with Crippen molar-refractivity contribution in [1.29, 1.82) is 0 Å². The van der Waals surface area contributed by atoms with Gasteiger partial charge in [-0.15, -0.1) is 11.3 Å². The van der Waals surface area contributed by atoms with Gasteiger partial charge in [-0.2, -0.15) is 0 Å². The van der Waals surface area contributed by atoms with Gasteiger partial charge in [0, 0.05) is 50.9 Å². The summed E-state index contributed by atoms with van der Waals surface area (Å²) in [7, 11) is 1.71. The number of aromatic nitrogens is 1. The highest BCUT2D eigenvalue weighted by atomic mass is 32.1. The molecule has 1 aromatic carbocycles. The van der Waals surface area contributed by atoms with Gasteiger partial charge in [0.05, 0.1) is 12.0 Å². The second-order valence-electron chi connectivity index (χ2n) is 14.7. The standard InChI is InChI=1S/C39H60N6O7S/c1-8-25(4)34(43-36(48)31-16-12-13-18-45(31)19-17-40)38(49)44(7)32(24(2)3)22-33(52-27(6)46)37-42-30(23-53-37)35(47)41-29(20-26(5)39(50)51)21-28-14-10-9-11-15-28/h9-11,14-15,23-26,29,31-34H,8,12-13,16-22,40H2,1-7H3,(H,41,47)(H,43,48)(H,50,51)/t25-,26-,29+,31+,32+,33+,34-/m0/s1. The van der Waals surface area contributed by atoms with Gasteiger partial charge >= 0.3 is 11.9 Å². The predicted octanol–water partition coefficient (Wildman–Crippen LogP) is 4.42. The minimum absolute atomic E-state index is 0.0635. The molecule has 0 unspecified atom stereocenters. The lowest BCUT2D eigenvalue weighted by atomic mass is 9.92. The van der Waals surface area contributed by atoms with Crippen molar-refractivity contribution in [2.75, 3.05) is 26.7 Å². The molecule has 13 nitrogen and oxygen atoms in total. The van der Waals surface area contributed by atoms with E-state index in [0.29, 0.717) is 37.4 Å². The second kappa shape index (κ2) is 21.1. The van der Waals surface area contributed by atoms with Gasteiger partial charge in [-0.05, 0) is 49.6 Å². The van der Waals surface area contributed by atoms with Crippen LogP contribution in [0.2, 0.25) is 0 Å². The molecule has 0 spiro atoms. The van der Waals surface area contributed by atoms with E-state index in [2.05, 4.69) is 20.5 Å². The van der Waals surface area contributed by atoms with Crippen molar-refractivity contribution in [2.24, 2.45) is 23.5 Å². The van der Waals surface area contributed by atoms with Crippen molar-refractivity contribution in [3.8, 4) is 0 Å². The predicted molar refractivity (Wildman–Crippen MR) is 205 cm³/mol. The molecule has 1 fully saturated rings. The summed E-state index contributed by atoms with van der Waals surface area (Å²) in [5.41, 5.74) is 6.92. The van der Waals surface area contributed by atoms with Gasteiger partial charge in [0.25, 0.3) is 5.91 Å². The summed E-state index contributed by atoms with van der Waals surface area (Å²) in [4.78, 5) is 73.8. The number of carboxylic acid groups (broad SMARTS) is 1. The molecule has 53 heavy (non-hydrogen) atoms. The minimum atomic E-state index is -0.947. The van der Waals surface area contributed by atoms with Gasteiger partial charge in [-0.25, -0.2) is 4.98 Å². The lowest BCUT2D eigenvalue weighted by molar-refractivity contribution is -0.149. The summed E-state index contributed by atoms with van der Waals surface area (Å²) < 4.78 is 5.78. The van der Waals surface area contributed by atoms with Gasteiger partial charge in [0.2, 0.25) is 11.8 Å². The summed E-state index contributed by atoms with van der Waals surface area (Å²) in [6.45, 7) is 12.7. The Labute approximate surface area is 318 Å². The molecule has 1 aliphatic heterocycles. The summed E-state index contributed by atoms with van der Waals surface area (Å²) in [5.74, 6) is -3.21. The average molecular weight is 757 g/mol. The molecule has 1 aliphatic rings. The fourth-order valence-electron chi connectivity index (χ4n) is 6.95. The zero-order valence-electron chi connectivity index (χ0n) is 32.4. The molecule has 0 bridgehead atoms. The molecule has 14 heteroatoms. The Balaban J connectivity index is 1.81. The van der Waals surface area contributed by atoms with Crippen molar-refractivity contribution in [3.63, 3.8) is 0 Å². The Bertz CT molecular complexity index is 1500. The molecule has 2 aromatic rings. The topological polar surface area (TPSA) is 184 Å².